The molecule has 0 heterocycles. The Labute approximate surface area is 115 Å². The third-order valence-corrected chi connectivity index (χ3v) is 4.61. The molecule has 0 aliphatic heterocycles. The Balaban J connectivity index is 2.54. The minimum Gasteiger partial charge on any atom is -0.396 e. The smallest absolute Gasteiger partial charge is 0.267 e. The van der Waals surface area contributed by atoms with Crippen LogP contribution in [0.15, 0.2) is 47.4 Å². The van der Waals surface area contributed by atoms with Gasteiger partial charge in [-0.25, -0.2) is 17.2 Å². The monoisotopic (exact) mass is 298 g/mol. The Morgan fingerprint density at radius 2 is 1.65 bits per heavy atom. The molecule has 0 aliphatic rings. The summed E-state index contributed by atoms with van der Waals surface area (Å²) in [6.07, 6.45) is 0. The highest BCUT2D eigenvalue weighted by atomic mass is 32.2. The molecule has 106 valence electrons. The molecule has 2 N–H and O–H groups in total. The summed E-state index contributed by atoms with van der Waals surface area (Å²) in [6, 6.07) is 9.37. The van der Waals surface area contributed by atoms with Gasteiger partial charge in [-0.2, -0.15) is 0 Å². The molecule has 4 nitrogen and oxygen atoms in total. The number of hydrogen-bond donors (Lipinski definition) is 1. The minimum absolute atomic E-state index is 0.356. The molecular formula is C13H12F2N2O2S. The van der Waals surface area contributed by atoms with Gasteiger partial charge < -0.3 is 5.73 Å². The van der Waals surface area contributed by atoms with Gasteiger partial charge in [-0.3, -0.25) is 4.31 Å². The number of sulfonamides is 1. The fraction of sp³-hybridized carbons (Fsp3) is 0.0769. The minimum atomic E-state index is -4.15. The van der Waals surface area contributed by atoms with Crippen LogP contribution < -0.4 is 10.0 Å². The first-order valence-electron chi connectivity index (χ1n) is 5.62. The average Bonchev–Trinajstić information content (AvgIpc) is 2.42. The van der Waals surface area contributed by atoms with Gasteiger partial charge in [0.1, 0.15) is 16.5 Å². The molecule has 0 radical (unpaired) electrons. The van der Waals surface area contributed by atoms with Gasteiger partial charge in [-0.05, 0) is 18.2 Å². The van der Waals surface area contributed by atoms with Crippen molar-refractivity contribution >= 4 is 21.4 Å². The number of rotatable bonds is 3. The molecule has 0 fully saturated rings. The first-order chi connectivity index (χ1) is 9.34. The van der Waals surface area contributed by atoms with Crippen LogP contribution in [0.5, 0.6) is 0 Å². The molecule has 0 aromatic heterocycles. The Morgan fingerprint density at radius 3 is 2.25 bits per heavy atom. The Kier molecular flexibility index (Phi) is 3.63. The maximum atomic E-state index is 13.7. The summed E-state index contributed by atoms with van der Waals surface area (Å²) in [4.78, 5) is -0.664. The summed E-state index contributed by atoms with van der Waals surface area (Å²) < 4.78 is 52.4. The standard InChI is InChI=1S/C13H12F2N2O2S/c1-17(9-5-3-2-4-6-9)20(18,19)13-8-12(16)10(14)7-11(13)15/h2-8H,16H2,1H3. The van der Waals surface area contributed by atoms with Crippen molar-refractivity contribution in [3.63, 3.8) is 0 Å². The lowest BCUT2D eigenvalue weighted by Crippen LogP contribution is -2.27. The molecule has 0 saturated carbocycles. The highest BCUT2D eigenvalue weighted by molar-refractivity contribution is 7.92. The molecule has 0 saturated heterocycles. The highest BCUT2D eigenvalue weighted by Crippen LogP contribution is 2.26. The van der Waals surface area contributed by atoms with Crippen LogP contribution in [0.2, 0.25) is 0 Å². The van der Waals surface area contributed by atoms with Crippen LogP contribution in [0.1, 0.15) is 0 Å². The maximum Gasteiger partial charge on any atom is 0.267 e. The Bertz CT molecular complexity index is 734. The molecule has 2 rings (SSSR count). The Hall–Kier alpha value is -2.15. The number of hydrogen-bond acceptors (Lipinski definition) is 3. The topological polar surface area (TPSA) is 63.4 Å². The quantitative estimate of drug-likeness (QED) is 0.885. The number of para-hydroxylation sites is 1. The summed E-state index contributed by atoms with van der Waals surface area (Å²) in [7, 11) is -2.87. The third kappa shape index (κ3) is 2.44. The van der Waals surface area contributed by atoms with E-state index in [4.69, 9.17) is 5.73 Å². The van der Waals surface area contributed by atoms with Crippen molar-refractivity contribution in [2.24, 2.45) is 0 Å². The number of benzene rings is 2. The van der Waals surface area contributed by atoms with Crippen molar-refractivity contribution in [2.75, 3.05) is 17.1 Å². The third-order valence-electron chi connectivity index (χ3n) is 2.81. The van der Waals surface area contributed by atoms with Gasteiger partial charge in [0, 0.05) is 13.1 Å². The molecule has 0 unspecified atom stereocenters. The van der Waals surface area contributed by atoms with E-state index in [1.165, 1.54) is 7.05 Å². The second-order valence-electron chi connectivity index (χ2n) is 4.11. The number of anilines is 2. The van der Waals surface area contributed by atoms with Crippen molar-refractivity contribution in [3.8, 4) is 0 Å². The summed E-state index contributed by atoms with van der Waals surface area (Å²) >= 11 is 0. The van der Waals surface area contributed by atoms with Crippen LogP contribution in [0.4, 0.5) is 20.2 Å². The molecule has 20 heavy (non-hydrogen) atoms. The van der Waals surface area contributed by atoms with E-state index < -0.39 is 32.2 Å². The van der Waals surface area contributed by atoms with E-state index in [0.717, 1.165) is 10.4 Å². The summed E-state index contributed by atoms with van der Waals surface area (Å²) in [6.45, 7) is 0. The first-order valence-corrected chi connectivity index (χ1v) is 7.06. The summed E-state index contributed by atoms with van der Waals surface area (Å²) in [5, 5.41) is 0. The van der Waals surface area contributed by atoms with Gasteiger partial charge in [0.15, 0.2) is 0 Å². The molecule has 0 aliphatic carbocycles. The predicted molar refractivity (Wildman–Crippen MR) is 72.8 cm³/mol. The van der Waals surface area contributed by atoms with Gasteiger partial charge in [-0.1, -0.05) is 18.2 Å². The normalized spacial score (nSPS) is 11.3. The van der Waals surface area contributed by atoms with E-state index in [9.17, 15) is 17.2 Å². The first kappa shape index (κ1) is 14.3. The zero-order valence-corrected chi connectivity index (χ0v) is 11.4. The number of halogens is 2. The van der Waals surface area contributed by atoms with Crippen LogP contribution in [0, 0.1) is 11.6 Å². The van der Waals surface area contributed by atoms with E-state index in [2.05, 4.69) is 0 Å². The fourth-order valence-electron chi connectivity index (χ4n) is 1.67. The van der Waals surface area contributed by atoms with E-state index in [0.29, 0.717) is 11.8 Å². The lowest BCUT2D eigenvalue weighted by molar-refractivity contribution is 0.550. The van der Waals surface area contributed by atoms with Gasteiger partial charge in [-0.15, -0.1) is 0 Å². The highest BCUT2D eigenvalue weighted by Gasteiger charge is 2.26. The lowest BCUT2D eigenvalue weighted by atomic mass is 10.3. The van der Waals surface area contributed by atoms with Gasteiger partial charge in [0.2, 0.25) is 0 Å². The van der Waals surface area contributed by atoms with Gasteiger partial charge >= 0.3 is 0 Å². The van der Waals surface area contributed by atoms with E-state index in [1.807, 2.05) is 0 Å². The van der Waals surface area contributed by atoms with E-state index in [-0.39, 0.29) is 0 Å². The van der Waals surface area contributed by atoms with Crippen molar-refractivity contribution in [1.29, 1.82) is 0 Å². The molecule has 0 bridgehead atoms. The fourth-order valence-corrected chi connectivity index (χ4v) is 2.94. The maximum absolute atomic E-state index is 13.7. The van der Waals surface area contributed by atoms with Crippen LogP contribution >= 0.6 is 0 Å². The predicted octanol–water partition coefficient (Wildman–Crippen LogP) is 2.37. The zero-order chi connectivity index (χ0) is 14.9. The molecule has 7 heteroatoms. The lowest BCUT2D eigenvalue weighted by Gasteiger charge is -2.20. The summed E-state index contributed by atoms with van der Waals surface area (Å²) in [5.41, 5.74) is 5.23. The largest absolute Gasteiger partial charge is 0.396 e. The second kappa shape index (κ2) is 5.09. The van der Waals surface area contributed by atoms with Crippen LogP contribution in [0.25, 0.3) is 0 Å². The number of nitrogens with zero attached hydrogens (tertiary/aromatic N) is 1. The molecule has 0 spiro atoms. The van der Waals surface area contributed by atoms with Crippen molar-refractivity contribution in [1.82, 2.24) is 0 Å². The molecule has 0 amide bonds. The van der Waals surface area contributed by atoms with Crippen LogP contribution in [-0.4, -0.2) is 15.5 Å². The average molecular weight is 298 g/mol. The van der Waals surface area contributed by atoms with Crippen molar-refractivity contribution in [2.45, 2.75) is 4.90 Å². The van der Waals surface area contributed by atoms with E-state index in [1.54, 1.807) is 30.3 Å². The van der Waals surface area contributed by atoms with E-state index >= 15 is 0 Å². The summed E-state index contributed by atoms with van der Waals surface area (Å²) in [5.74, 6) is -2.18. The molecule has 2 aromatic carbocycles. The molecule has 2 aromatic rings. The Morgan fingerprint density at radius 1 is 1.05 bits per heavy atom. The zero-order valence-electron chi connectivity index (χ0n) is 10.5. The number of nitrogen functional groups attached to an aromatic ring is 1. The SMILES string of the molecule is CN(c1ccccc1)S(=O)(=O)c1cc(N)c(F)cc1F. The second-order valence-corrected chi connectivity index (χ2v) is 6.05. The van der Waals surface area contributed by atoms with Crippen LogP contribution in [-0.2, 0) is 10.0 Å². The molecule has 0 atom stereocenters. The van der Waals surface area contributed by atoms with Gasteiger partial charge in [0.25, 0.3) is 10.0 Å². The van der Waals surface area contributed by atoms with Crippen molar-refractivity contribution in [3.05, 3.63) is 54.1 Å². The number of nitrogens with two attached hydrogens (primary N) is 1. The van der Waals surface area contributed by atoms with Gasteiger partial charge in [0.05, 0.1) is 11.4 Å². The van der Waals surface area contributed by atoms with Crippen LogP contribution in [0.3, 0.4) is 0 Å². The molecular weight excluding hydrogens is 286 g/mol. The van der Waals surface area contributed by atoms with Crippen molar-refractivity contribution < 1.29 is 17.2 Å².